The number of carbonyl (C=O) groups excluding carboxylic acids is 1. The van der Waals surface area contributed by atoms with E-state index in [4.69, 9.17) is 14.2 Å². The molecule has 0 aliphatic heterocycles. The number of aromatic nitrogens is 5. The molecule has 2 N–H and O–H groups in total. The average Bonchev–Trinajstić information content (AvgIpc) is 3.38. The van der Waals surface area contributed by atoms with Crippen LogP contribution in [-0.2, 0) is 4.79 Å². The van der Waals surface area contributed by atoms with Crippen LogP contribution in [0.2, 0.25) is 0 Å². The molecule has 0 unspecified atom stereocenters. The Morgan fingerprint density at radius 2 is 1.76 bits per heavy atom. The van der Waals surface area contributed by atoms with Gasteiger partial charge >= 0.3 is 0 Å². The molecule has 1 amide bonds. The fourth-order valence-electron chi connectivity index (χ4n) is 3.88. The number of ether oxygens (including phenoxy) is 3. The lowest BCUT2D eigenvalue weighted by atomic mass is 10.1. The first-order chi connectivity index (χ1) is 18.5. The van der Waals surface area contributed by atoms with E-state index in [1.165, 1.54) is 19.8 Å². The summed E-state index contributed by atoms with van der Waals surface area (Å²) in [5, 5.41) is 10.8. The number of pyridine rings is 1. The summed E-state index contributed by atoms with van der Waals surface area (Å²) < 4.78 is 18.9. The first-order valence-corrected chi connectivity index (χ1v) is 11.5. The number of nitrogens with one attached hydrogen (secondary N) is 2. The van der Waals surface area contributed by atoms with Crippen molar-refractivity contribution in [3.63, 3.8) is 0 Å². The first kappa shape index (κ1) is 24.3. The van der Waals surface area contributed by atoms with Gasteiger partial charge in [-0.15, -0.1) is 0 Å². The molecule has 0 saturated heterocycles. The molecule has 5 aromatic rings. The summed E-state index contributed by atoms with van der Waals surface area (Å²) in [4.78, 5) is 25.1. The number of hydrogen-bond acceptors (Lipinski definition) is 9. The highest BCUT2D eigenvalue weighted by Crippen LogP contribution is 2.38. The van der Waals surface area contributed by atoms with Crippen LogP contribution in [0, 0.1) is 18.8 Å². The lowest BCUT2D eigenvalue weighted by Crippen LogP contribution is -2.10. The van der Waals surface area contributed by atoms with Gasteiger partial charge in [0.1, 0.15) is 41.5 Å². The molecule has 0 aliphatic carbocycles. The third-order valence-electron chi connectivity index (χ3n) is 5.67. The van der Waals surface area contributed by atoms with Gasteiger partial charge in [-0.1, -0.05) is 5.92 Å². The van der Waals surface area contributed by atoms with E-state index in [1.54, 1.807) is 49.0 Å². The van der Waals surface area contributed by atoms with Gasteiger partial charge in [0.2, 0.25) is 0 Å². The lowest BCUT2D eigenvalue weighted by molar-refractivity contribution is -0.111. The molecule has 0 radical (unpaired) electrons. The minimum Gasteiger partial charge on any atom is -0.494 e. The molecule has 3 heterocycles. The Labute approximate surface area is 217 Å². The quantitative estimate of drug-likeness (QED) is 0.305. The van der Waals surface area contributed by atoms with Crippen molar-refractivity contribution in [1.82, 2.24) is 24.6 Å². The van der Waals surface area contributed by atoms with Crippen molar-refractivity contribution in [3.05, 3.63) is 60.8 Å². The maximum atomic E-state index is 12.1. The van der Waals surface area contributed by atoms with E-state index in [0.29, 0.717) is 56.7 Å². The molecular formula is C27H23N7O4. The van der Waals surface area contributed by atoms with Crippen LogP contribution >= 0.6 is 0 Å². The molecule has 0 bridgehead atoms. The van der Waals surface area contributed by atoms with Gasteiger partial charge in [0.15, 0.2) is 5.65 Å². The van der Waals surface area contributed by atoms with E-state index in [2.05, 4.69) is 42.5 Å². The molecule has 38 heavy (non-hydrogen) atoms. The molecule has 0 fully saturated rings. The number of amides is 1. The number of carbonyl (C=O) groups is 1. The normalized spacial score (nSPS) is 10.5. The van der Waals surface area contributed by atoms with E-state index in [-0.39, 0.29) is 0 Å². The zero-order valence-electron chi connectivity index (χ0n) is 21.1. The second-order valence-corrected chi connectivity index (χ2v) is 8.09. The Kier molecular flexibility index (Phi) is 6.61. The van der Waals surface area contributed by atoms with Gasteiger partial charge in [-0.05, 0) is 43.5 Å². The second-order valence-electron chi connectivity index (χ2n) is 8.09. The lowest BCUT2D eigenvalue weighted by Gasteiger charge is -2.17. The monoisotopic (exact) mass is 509 g/mol. The number of hydrogen-bond donors (Lipinski definition) is 2. The second kappa shape index (κ2) is 10.3. The molecule has 0 atom stereocenters. The van der Waals surface area contributed by atoms with Crippen LogP contribution in [0.5, 0.6) is 23.0 Å². The molecule has 0 saturated carbocycles. The molecule has 11 heteroatoms. The number of nitrogens with zero attached hydrogens (tertiary/aromatic N) is 5. The summed E-state index contributed by atoms with van der Waals surface area (Å²) in [6.07, 6.45) is 4.71. The summed E-state index contributed by atoms with van der Waals surface area (Å²) in [6.45, 7) is 3.52. The maximum Gasteiger partial charge on any atom is 0.300 e. The Morgan fingerprint density at radius 1 is 0.947 bits per heavy atom. The highest BCUT2D eigenvalue weighted by molar-refractivity contribution is 6.06. The molecule has 0 aliphatic rings. The van der Waals surface area contributed by atoms with Gasteiger partial charge in [-0.3, -0.25) is 4.79 Å². The van der Waals surface area contributed by atoms with E-state index in [1.807, 2.05) is 19.1 Å². The topological polar surface area (TPSA) is 125 Å². The van der Waals surface area contributed by atoms with Gasteiger partial charge in [0.25, 0.3) is 5.91 Å². The fourth-order valence-corrected chi connectivity index (χ4v) is 3.88. The van der Waals surface area contributed by atoms with Crippen LogP contribution in [0.15, 0.2) is 55.2 Å². The van der Waals surface area contributed by atoms with Crippen LogP contribution < -0.4 is 24.8 Å². The van der Waals surface area contributed by atoms with Crippen LogP contribution in [0.3, 0.4) is 0 Å². The van der Waals surface area contributed by atoms with E-state index in [9.17, 15) is 4.79 Å². The van der Waals surface area contributed by atoms with Crippen LogP contribution in [0.4, 0.5) is 17.2 Å². The van der Waals surface area contributed by atoms with Crippen molar-refractivity contribution in [2.75, 3.05) is 24.9 Å². The summed E-state index contributed by atoms with van der Waals surface area (Å²) in [5.41, 5.74) is 3.28. The number of anilines is 3. The predicted octanol–water partition coefficient (Wildman–Crippen LogP) is 4.50. The van der Waals surface area contributed by atoms with E-state index >= 15 is 0 Å². The van der Waals surface area contributed by atoms with Crippen molar-refractivity contribution in [2.24, 2.45) is 0 Å². The highest BCUT2D eigenvalue weighted by Gasteiger charge is 2.16. The standard InChI is InChI=1S/C27H23N7O4/c1-5-6-26(35)32-21-11-18-19(12-23(21)36-3)28-14-30-27(18)33-20-9-16(2)22(13-24(20)37-4)38-17-7-8-34-25(10-17)29-15-31-34/h7-15H,1-4H3,(H,32,35)(H,28,30,33). The van der Waals surface area contributed by atoms with Crippen LogP contribution in [-0.4, -0.2) is 44.7 Å². The van der Waals surface area contributed by atoms with Crippen molar-refractivity contribution in [1.29, 1.82) is 0 Å². The smallest absolute Gasteiger partial charge is 0.300 e. The molecule has 2 aromatic carbocycles. The Balaban J connectivity index is 1.49. The average molecular weight is 510 g/mol. The van der Waals surface area contributed by atoms with Gasteiger partial charge < -0.3 is 24.8 Å². The molecule has 11 nitrogen and oxygen atoms in total. The molecule has 0 spiro atoms. The Morgan fingerprint density at radius 3 is 2.55 bits per heavy atom. The van der Waals surface area contributed by atoms with Gasteiger partial charge in [-0.2, -0.15) is 5.10 Å². The van der Waals surface area contributed by atoms with Gasteiger partial charge in [-0.25, -0.2) is 19.5 Å². The summed E-state index contributed by atoms with van der Waals surface area (Å²) >= 11 is 0. The zero-order valence-corrected chi connectivity index (χ0v) is 21.1. The zero-order chi connectivity index (χ0) is 26.6. The van der Waals surface area contributed by atoms with Crippen LogP contribution in [0.25, 0.3) is 16.6 Å². The number of benzene rings is 2. The summed E-state index contributed by atoms with van der Waals surface area (Å²) in [5.74, 6) is 7.34. The molecular weight excluding hydrogens is 486 g/mol. The Bertz CT molecular complexity index is 1740. The first-order valence-electron chi connectivity index (χ1n) is 11.5. The molecule has 190 valence electrons. The third-order valence-corrected chi connectivity index (χ3v) is 5.67. The number of fused-ring (bicyclic) bond motifs is 2. The van der Waals surface area contributed by atoms with E-state index in [0.717, 1.165) is 5.56 Å². The summed E-state index contributed by atoms with van der Waals surface area (Å²) in [6, 6.07) is 10.8. The van der Waals surface area contributed by atoms with Gasteiger partial charge in [0, 0.05) is 29.8 Å². The number of rotatable bonds is 7. The van der Waals surface area contributed by atoms with Crippen molar-refractivity contribution >= 4 is 39.6 Å². The SMILES string of the molecule is CC#CC(=O)Nc1cc2c(Nc3cc(C)c(Oc4ccn5ncnc5c4)cc3OC)ncnc2cc1OC. The predicted molar refractivity (Wildman–Crippen MR) is 142 cm³/mol. The highest BCUT2D eigenvalue weighted by atomic mass is 16.5. The maximum absolute atomic E-state index is 12.1. The number of methoxy groups -OCH3 is 2. The van der Waals surface area contributed by atoms with Crippen molar-refractivity contribution in [3.8, 4) is 34.8 Å². The minimum absolute atomic E-state index is 0.446. The van der Waals surface area contributed by atoms with Crippen LogP contribution in [0.1, 0.15) is 12.5 Å². The van der Waals surface area contributed by atoms with Crippen molar-refractivity contribution < 1.29 is 19.0 Å². The third kappa shape index (κ3) is 4.83. The molecule has 5 rings (SSSR count). The fraction of sp³-hybridized carbons (Fsp3) is 0.148. The van der Waals surface area contributed by atoms with Gasteiger partial charge in [0.05, 0.1) is 31.1 Å². The number of aryl methyl sites for hydroxylation is 1. The summed E-state index contributed by atoms with van der Waals surface area (Å²) in [7, 11) is 3.09. The Hall–Kier alpha value is -5.37. The van der Waals surface area contributed by atoms with Crippen molar-refractivity contribution in [2.45, 2.75) is 13.8 Å². The minimum atomic E-state index is -0.451. The molecule has 3 aromatic heterocycles. The van der Waals surface area contributed by atoms with E-state index < -0.39 is 5.91 Å². The largest absolute Gasteiger partial charge is 0.494 e.